The van der Waals surface area contributed by atoms with Crippen molar-refractivity contribution in [1.82, 2.24) is 9.97 Å². The number of aliphatic hydroxyl groups is 2. The highest BCUT2D eigenvalue weighted by Gasteiger charge is 2.44. The van der Waals surface area contributed by atoms with Crippen LogP contribution in [0.1, 0.15) is 85.7 Å². The Morgan fingerprint density at radius 2 is 1.88 bits per heavy atom. The molecule has 2 heterocycles. The molecule has 0 aliphatic heterocycles. The number of aromatic amines is 1. The Labute approximate surface area is 252 Å². The molecule has 3 unspecified atom stereocenters. The molecule has 43 heavy (non-hydrogen) atoms. The minimum absolute atomic E-state index is 0.0538. The van der Waals surface area contributed by atoms with Crippen LogP contribution in [-0.4, -0.2) is 56.7 Å². The van der Waals surface area contributed by atoms with E-state index >= 15 is 0 Å². The molecular formula is C34H43N3O6. The van der Waals surface area contributed by atoms with Crippen LogP contribution in [0.15, 0.2) is 48.8 Å². The molecule has 0 saturated heterocycles. The number of methoxy groups -OCH3 is 1. The minimum atomic E-state index is -1.64. The molecule has 9 nitrogen and oxygen atoms in total. The Morgan fingerprint density at radius 1 is 1.12 bits per heavy atom. The second kappa shape index (κ2) is 14.5. The number of benzene rings is 1. The van der Waals surface area contributed by atoms with E-state index in [0.29, 0.717) is 35.3 Å². The zero-order valence-electron chi connectivity index (χ0n) is 25.0. The highest BCUT2D eigenvalue weighted by Crippen LogP contribution is 2.53. The monoisotopic (exact) mass is 589 g/mol. The van der Waals surface area contributed by atoms with Gasteiger partial charge in [-0.2, -0.15) is 0 Å². The van der Waals surface area contributed by atoms with Gasteiger partial charge in [-0.3, -0.25) is 9.59 Å². The number of hydrogen-bond acceptors (Lipinski definition) is 8. The van der Waals surface area contributed by atoms with Crippen LogP contribution in [0, 0.1) is 5.41 Å². The van der Waals surface area contributed by atoms with Gasteiger partial charge < -0.3 is 30.8 Å². The predicted molar refractivity (Wildman–Crippen MR) is 166 cm³/mol. The Bertz CT molecular complexity index is 1430. The summed E-state index contributed by atoms with van der Waals surface area (Å²) in [6.07, 6.45) is 11.2. The molecule has 1 aliphatic carbocycles. The number of rotatable bonds is 16. The van der Waals surface area contributed by atoms with E-state index in [2.05, 4.69) is 16.9 Å². The van der Waals surface area contributed by atoms with Gasteiger partial charge in [0.25, 0.3) is 0 Å². The minimum Gasteiger partial charge on any atom is -0.504 e. The first kappa shape index (κ1) is 32.0. The number of aromatic nitrogens is 2. The Balaban J connectivity index is 1.64. The zero-order chi connectivity index (χ0) is 31.0. The lowest BCUT2D eigenvalue weighted by Gasteiger charge is -2.41. The van der Waals surface area contributed by atoms with Crippen LogP contribution in [0.25, 0.3) is 6.08 Å². The Morgan fingerprint density at radius 3 is 2.58 bits per heavy atom. The number of hydrogen-bond donors (Lipinski definition) is 5. The maximum atomic E-state index is 12.8. The van der Waals surface area contributed by atoms with Crippen molar-refractivity contribution in [2.24, 2.45) is 5.41 Å². The number of carbonyl (C=O) groups excluding carboxylic acids is 2. The number of phenolic OH excluding ortho intramolecular Hbond substituents is 1. The van der Waals surface area contributed by atoms with Crippen LogP contribution < -0.4 is 10.5 Å². The smallest absolute Gasteiger partial charge is 0.170 e. The lowest BCUT2D eigenvalue weighted by molar-refractivity contribution is -0.138. The van der Waals surface area contributed by atoms with Crippen molar-refractivity contribution in [1.29, 1.82) is 0 Å². The van der Waals surface area contributed by atoms with E-state index in [9.17, 15) is 24.9 Å². The van der Waals surface area contributed by atoms with E-state index < -0.39 is 29.0 Å². The van der Waals surface area contributed by atoms with E-state index in [4.69, 9.17) is 10.5 Å². The van der Waals surface area contributed by atoms with Crippen LogP contribution in [0.4, 0.5) is 5.82 Å². The molecule has 4 rings (SSSR count). The van der Waals surface area contributed by atoms with Gasteiger partial charge in [-0.05, 0) is 54.7 Å². The summed E-state index contributed by atoms with van der Waals surface area (Å²) in [5.41, 5.74) is 8.98. The van der Waals surface area contributed by atoms with Gasteiger partial charge >= 0.3 is 0 Å². The van der Waals surface area contributed by atoms with Crippen molar-refractivity contribution >= 4 is 23.5 Å². The quantitative estimate of drug-likeness (QED) is 0.117. The number of aryl methyl sites for hydroxylation is 1. The summed E-state index contributed by atoms with van der Waals surface area (Å²) in [7, 11) is 1.45. The molecule has 0 radical (unpaired) electrons. The van der Waals surface area contributed by atoms with Crippen LogP contribution >= 0.6 is 0 Å². The number of anilines is 1. The number of nitrogens with one attached hydrogen (secondary N) is 1. The Kier molecular flexibility index (Phi) is 10.8. The van der Waals surface area contributed by atoms with Crippen molar-refractivity contribution < 1.29 is 29.6 Å². The number of ketones is 2. The number of nitrogens with two attached hydrogens (primary N) is 1. The number of nitrogen functional groups attached to an aromatic ring is 1. The van der Waals surface area contributed by atoms with Gasteiger partial charge in [0, 0.05) is 53.4 Å². The number of phenols is 1. The van der Waals surface area contributed by atoms with E-state index in [-0.39, 0.29) is 37.4 Å². The normalized spacial score (nSPS) is 18.3. The van der Waals surface area contributed by atoms with Gasteiger partial charge in [-0.15, -0.1) is 0 Å². The highest BCUT2D eigenvalue weighted by molar-refractivity contribution is 6.05. The number of Topliss-reactive ketones (excluding diaryl/α,β-unsaturated/α-hetero) is 2. The van der Waals surface area contributed by atoms with Crippen molar-refractivity contribution in [3.8, 4) is 11.5 Å². The van der Waals surface area contributed by atoms with Gasteiger partial charge in [0.05, 0.1) is 13.7 Å². The van der Waals surface area contributed by atoms with E-state index in [1.54, 1.807) is 18.3 Å². The molecule has 3 atom stereocenters. The first-order chi connectivity index (χ1) is 20.7. The average Bonchev–Trinajstić information content (AvgIpc) is 3.52. The molecular weight excluding hydrogens is 546 g/mol. The topological polar surface area (TPSA) is 159 Å². The second-order valence-electron chi connectivity index (χ2n) is 11.5. The molecule has 9 heteroatoms. The van der Waals surface area contributed by atoms with Crippen molar-refractivity contribution in [3.05, 3.63) is 76.7 Å². The third-order valence-electron chi connectivity index (χ3n) is 8.49. The van der Waals surface area contributed by atoms with E-state index in [0.717, 1.165) is 36.9 Å². The zero-order valence-corrected chi connectivity index (χ0v) is 25.0. The number of fused-ring (bicyclic) bond motifs is 1. The molecule has 0 fully saturated rings. The van der Waals surface area contributed by atoms with Crippen LogP contribution in [0.5, 0.6) is 11.5 Å². The lowest BCUT2D eigenvalue weighted by atomic mass is 9.63. The molecule has 0 spiro atoms. The fraction of sp³-hybridized carbons (Fsp3) is 0.441. The van der Waals surface area contributed by atoms with Crippen LogP contribution in [-0.2, 0) is 22.4 Å². The lowest BCUT2D eigenvalue weighted by Crippen LogP contribution is -2.36. The van der Waals surface area contributed by atoms with Gasteiger partial charge in [0.2, 0.25) is 0 Å². The number of ether oxygens (including phenoxy) is 1. The first-order valence-corrected chi connectivity index (χ1v) is 15.0. The maximum Gasteiger partial charge on any atom is 0.170 e. The number of carbonyl (C=O) groups is 2. The number of aliphatic hydroxyl groups excluding tert-OH is 2. The van der Waals surface area contributed by atoms with Gasteiger partial charge in [0.1, 0.15) is 5.82 Å². The molecule has 1 aliphatic rings. The van der Waals surface area contributed by atoms with Crippen LogP contribution in [0.3, 0.4) is 0 Å². The summed E-state index contributed by atoms with van der Waals surface area (Å²) < 4.78 is 5.54. The molecule has 1 aromatic carbocycles. The molecule has 0 bridgehead atoms. The fourth-order valence-corrected chi connectivity index (χ4v) is 6.10. The number of H-pyrrole nitrogens is 1. The molecule has 230 valence electrons. The number of unbranched alkanes of at least 4 members (excludes halogenated alkanes) is 4. The van der Waals surface area contributed by atoms with Crippen LogP contribution in [0.2, 0.25) is 0 Å². The maximum absolute atomic E-state index is 12.8. The summed E-state index contributed by atoms with van der Waals surface area (Å²) in [4.78, 5) is 32.7. The van der Waals surface area contributed by atoms with Crippen molar-refractivity contribution in [2.75, 3.05) is 19.5 Å². The molecule has 6 N–H and O–H groups in total. The second-order valence-corrected chi connectivity index (χ2v) is 11.5. The van der Waals surface area contributed by atoms with Gasteiger partial charge in [0.15, 0.2) is 29.2 Å². The molecule has 3 aromatic rings. The van der Waals surface area contributed by atoms with E-state index in [1.807, 2.05) is 36.5 Å². The van der Waals surface area contributed by atoms with Gasteiger partial charge in [-0.1, -0.05) is 50.8 Å². The molecule has 0 saturated carbocycles. The predicted octanol–water partition coefficient (Wildman–Crippen LogP) is 4.88. The molecule has 0 amide bonds. The van der Waals surface area contributed by atoms with Crippen molar-refractivity contribution in [2.45, 2.75) is 76.7 Å². The summed E-state index contributed by atoms with van der Waals surface area (Å²) >= 11 is 0. The number of aromatic hydroxyl groups is 1. The summed E-state index contributed by atoms with van der Waals surface area (Å²) in [6.45, 7) is 1.89. The largest absolute Gasteiger partial charge is 0.504 e. The summed E-state index contributed by atoms with van der Waals surface area (Å²) in [5.74, 6) is -1.05. The van der Waals surface area contributed by atoms with Crippen molar-refractivity contribution in [3.63, 3.8) is 0 Å². The third kappa shape index (κ3) is 7.17. The standard InChI is InChI=1S/C34H43N3O6/c1-3-4-5-6-7-10-27(39)32(42)28(40)12-11-22-18-26(31(41)29(19-22)43-2)30-24-14-17-37-33(35)25(24)13-15-34(30,21-38)20-23-9-8-16-36-23/h8-9,13-19,30,32,36,38,41-42H,3-7,10-12,20-21H2,1-2H3,(H2,35,37). The summed E-state index contributed by atoms with van der Waals surface area (Å²) in [6, 6.07) is 9.13. The number of pyridine rings is 1. The molecule has 2 aromatic heterocycles. The summed E-state index contributed by atoms with van der Waals surface area (Å²) in [5, 5.41) is 32.8. The van der Waals surface area contributed by atoms with Gasteiger partial charge in [-0.25, -0.2) is 4.98 Å². The SMILES string of the molecule is CCCCCCCC(=O)C(O)C(=O)CCc1cc(OC)c(O)c(C2c3ccnc(N)c3C=CC2(CO)Cc2ccc[nH]2)c1. The Hall–Kier alpha value is -3.95. The van der Waals surface area contributed by atoms with E-state index in [1.165, 1.54) is 7.11 Å². The first-order valence-electron chi connectivity index (χ1n) is 15.0. The third-order valence-corrected chi connectivity index (χ3v) is 8.49. The fourth-order valence-electron chi connectivity index (χ4n) is 6.10. The highest BCUT2D eigenvalue weighted by atomic mass is 16.5. The number of nitrogens with zero attached hydrogens (tertiary/aromatic N) is 1. The average molecular weight is 590 g/mol.